The van der Waals surface area contributed by atoms with E-state index in [-0.39, 0.29) is 5.91 Å². The van der Waals surface area contributed by atoms with Crippen LogP contribution in [-0.4, -0.2) is 40.4 Å². The van der Waals surface area contributed by atoms with Gasteiger partial charge in [0.05, 0.1) is 5.56 Å². The summed E-state index contributed by atoms with van der Waals surface area (Å²) in [5.74, 6) is 0.668. The Morgan fingerprint density at radius 2 is 1.56 bits per heavy atom. The highest BCUT2D eigenvalue weighted by Crippen LogP contribution is 2.13. The number of anilines is 1. The van der Waals surface area contributed by atoms with Crippen molar-refractivity contribution in [1.82, 2.24) is 14.9 Å². The van der Waals surface area contributed by atoms with Crippen LogP contribution in [-0.2, 0) is 6.54 Å². The molecule has 0 N–H and O–H groups in total. The van der Waals surface area contributed by atoms with Crippen molar-refractivity contribution in [2.24, 2.45) is 0 Å². The lowest BCUT2D eigenvalue weighted by molar-refractivity contribution is 0.0754. The van der Waals surface area contributed by atoms with Crippen LogP contribution in [0, 0.1) is 0 Å². The molecule has 0 aliphatic carbocycles. The van der Waals surface area contributed by atoms with Crippen molar-refractivity contribution in [3.63, 3.8) is 0 Å². The SMILES string of the molecule is CCCN(CCC)C(=O)c1cnc(N(CC)Cc2ccccc2)nc1. The van der Waals surface area contributed by atoms with E-state index in [9.17, 15) is 4.79 Å². The van der Waals surface area contributed by atoms with E-state index in [0.717, 1.165) is 39.0 Å². The van der Waals surface area contributed by atoms with Crippen LogP contribution < -0.4 is 4.90 Å². The minimum atomic E-state index is 0.0151. The highest BCUT2D eigenvalue weighted by Gasteiger charge is 2.16. The van der Waals surface area contributed by atoms with Crippen molar-refractivity contribution in [1.29, 1.82) is 0 Å². The molecule has 5 heteroatoms. The summed E-state index contributed by atoms with van der Waals surface area (Å²) in [5, 5.41) is 0. The van der Waals surface area contributed by atoms with E-state index >= 15 is 0 Å². The summed E-state index contributed by atoms with van der Waals surface area (Å²) in [6.07, 6.45) is 5.20. The molecule has 1 aromatic heterocycles. The van der Waals surface area contributed by atoms with Crippen LogP contribution in [0.3, 0.4) is 0 Å². The first-order valence-corrected chi connectivity index (χ1v) is 9.09. The molecule has 1 aromatic carbocycles. The second-order valence-electron chi connectivity index (χ2n) is 6.06. The molecule has 0 aliphatic heterocycles. The monoisotopic (exact) mass is 340 g/mol. The molecule has 0 bridgehead atoms. The zero-order valence-electron chi connectivity index (χ0n) is 15.5. The van der Waals surface area contributed by atoms with E-state index in [0.29, 0.717) is 11.5 Å². The third-order valence-corrected chi connectivity index (χ3v) is 4.04. The lowest BCUT2D eigenvalue weighted by Crippen LogP contribution is -2.33. The van der Waals surface area contributed by atoms with Crippen LogP contribution >= 0.6 is 0 Å². The van der Waals surface area contributed by atoms with E-state index < -0.39 is 0 Å². The summed E-state index contributed by atoms with van der Waals surface area (Å²) >= 11 is 0. The molecule has 2 aromatic rings. The van der Waals surface area contributed by atoms with Gasteiger partial charge < -0.3 is 9.80 Å². The van der Waals surface area contributed by atoms with Gasteiger partial charge in [-0.1, -0.05) is 44.2 Å². The maximum Gasteiger partial charge on any atom is 0.256 e. The summed E-state index contributed by atoms with van der Waals surface area (Å²) in [6.45, 7) is 9.33. The molecular formula is C20H28N4O. The fourth-order valence-electron chi connectivity index (χ4n) is 2.76. The summed E-state index contributed by atoms with van der Waals surface area (Å²) in [5.41, 5.74) is 1.77. The van der Waals surface area contributed by atoms with Crippen LogP contribution in [0.15, 0.2) is 42.7 Å². The number of benzene rings is 1. The smallest absolute Gasteiger partial charge is 0.256 e. The van der Waals surface area contributed by atoms with Crippen LogP contribution in [0.4, 0.5) is 5.95 Å². The summed E-state index contributed by atoms with van der Waals surface area (Å²) in [7, 11) is 0. The molecule has 0 radical (unpaired) electrons. The zero-order chi connectivity index (χ0) is 18.1. The van der Waals surface area contributed by atoms with Crippen molar-refractivity contribution in [2.45, 2.75) is 40.2 Å². The molecule has 5 nitrogen and oxygen atoms in total. The van der Waals surface area contributed by atoms with Gasteiger partial charge >= 0.3 is 0 Å². The van der Waals surface area contributed by atoms with Crippen LogP contribution in [0.25, 0.3) is 0 Å². The van der Waals surface area contributed by atoms with Crippen molar-refractivity contribution in [3.05, 3.63) is 53.9 Å². The average molecular weight is 340 g/mol. The number of carbonyl (C=O) groups excluding carboxylic acids is 1. The van der Waals surface area contributed by atoms with Gasteiger partial charge in [0.15, 0.2) is 0 Å². The fourth-order valence-corrected chi connectivity index (χ4v) is 2.76. The maximum absolute atomic E-state index is 12.6. The van der Waals surface area contributed by atoms with Gasteiger partial charge in [-0.2, -0.15) is 0 Å². The van der Waals surface area contributed by atoms with E-state index in [4.69, 9.17) is 0 Å². The topological polar surface area (TPSA) is 49.3 Å². The zero-order valence-corrected chi connectivity index (χ0v) is 15.5. The molecule has 0 saturated carbocycles. The minimum absolute atomic E-state index is 0.0151. The quantitative estimate of drug-likeness (QED) is 0.697. The number of amides is 1. The second-order valence-corrected chi connectivity index (χ2v) is 6.06. The van der Waals surface area contributed by atoms with E-state index in [2.05, 4.69) is 47.8 Å². The van der Waals surface area contributed by atoms with E-state index in [1.807, 2.05) is 23.1 Å². The Bertz CT molecular complexity index is 637. The Morgan fingerprint density at radius 1 is 0.960 bits per heavy atom. The van der Waals surface area contributed by atoms with Gasteiger partial charge in [-0.15, -0.1) is 0 Å². The van der Waals surface area contributed by atoms with Gasteiger partial charge in [0.2, 0.25) is 5.95 Å². The third kappa shape index (κ3) is 5.28. The Kier molecular flexibility index (Phi) is 7.38. The highest BCUT2D eigenvalue weighted by atomic mass is 16.2. The van der Waals surface area contributed by atoms with Crippen LogP contribution in [0.2, 0.25) is 0 Å². The normalized spacial score (nSPS) is 10.5. The molecule has 0 fully saturated rings. The fraction of sp³-hybridized carbons (Fsp3) is 0.450. The lowest BCUT2D eigenvalue weighted by atomic mass is 10.2. The molecule has 0 saturated heterocycles. The standard InChI is InChI=1S/C20H28N4O/c1-4-12-24(13-5-2)19(25)18-14-21-20(22-15-18)23(6-3)16-17-10-8-7-9-11-17/h7-11,14-15H,4-6,12-13,16H2,1-3H3. The Balaban J connectivity index is 2.10. The molecule has 0 atom stereocenters. The predicted octanol–water partition coefficient (Wildman–Crippen LogP) is 3.77. The van der Waals surface area contributed by atoms with Crippen molar-refractivity contribution < 1.29 is 4.79 Å². The highest BCUT2D eigenvalue weighted by molar-refractivity contribution is 5.93. The van der Waals surface area contributed by atoms with Crippen LogP contribution in [0.1, 0.15) is 49.5 Å². The molecule has 2 rings (SSSR count). The Morgan fingerprint density at radius 3 is 2.08 bits per heavy atom. The summed E-state index contributed by atoms with van der Waals surface area (Å²) in [6, 6.07) is 10.3. The first-order valence-electron chi connectivity index (χ1n) is 9.09. The van der Waals surface area contributed by atoms with Gasteiger partial charge in [0, 0.05) is 38.6 Å². The molecular weight excluding hydrogens is 312 g/mol. The largest absolute Gasteiger partial charge is 0.339 e. The minimum Gasteiger partial charge on any atom is -0.339 e. The number of carbonyl (C=O) groups is 1. The first kappa shape index (κ1) is 18.9. The van der Waals surface area contributed by atoms with E-state index in [1.165, 1.54) is 5.56 Å². The number of nitrogens with zero attached hydrogens (tertiary/aromatic N) is 4. The lowest BCUT2D eigenvalue weighted by Gasteiger charge is -2.23. The summed E-state index contributed by atoms with van der Waals surface area (Å²) < 4.78 is 0. The van der Waals surface area contributed by atoms with E-state index in [1.54, 1.807) is 12.4 Å². The predicted molar refractivity (Wildman–Crippen MR) is 102 cm³/mol. The van der Waals surface area contributed by atoms with Gasteiger partial charge in [0.1, 0.15) is 0 Å². The third-order valence-electron chi connectivity index (χ3n) is 4.04. The Hall–Kier alpha value is -2.43. The molecule has 1 heterocycles. The van der Waals surface area contributed by atoms with Crippen molar-refractivity contribution >= 4 is 11.9 Å². The second kappa shape index (κ2) is 9.77. The maximum atomic E-state index is 12.6. The molecule has 134 valence electrons. The number of hydrogen-bond acceptors (Lipinski definition) is 4. The van der Waals surface area contributed by atoms with Gasteiger partial charge in [-0.05, 0) is 25.3 Å². The summed E-state index contributed by atoms with van der Waals surface area (Å²) in [4.78, 5) is 25.4. The van der Waals surface area contributed by atoms with Gasteiger partial charge in [0.25, 0.3) is 5.91 Å². The van der Waals surface area contributed by atoms with Crippen LogP contribution in [0.5, 0.6) is 0 Å². The molecule has 0 spiro atoms. The van der Waals surface area contributed by atoms with Gasteiger partial charge in [-0.3, -0.25) is 4.79 Å². The molecule has 25 heavy (non-hydrogen) atoms. The Labute approximate surface area is 150 Å². The van der Waals surface area contributed by atoms with Gasteiger partial charge in [-0.25, -0.2) is 9.97 Å². The molecule has 0 aliphatic rings. The molecule has 1 amide bonds. The number of rotatable bonds is 9. The van der Waals surface area contributed by atoms with Crippen molar-refractivity contribution in [3.8, 4) is 0 Å². The first-order chi connectivity index (χ1) is 12.2. The van der Waals surface area contributed by atoms with Crippen molar-refractivity contribution in [2.75, 3.05) is 24.5 Å². The number of hydrogen-bond donors (Lipinski definition) is 0. The average Bonchev–Trinajstić information content (AvgIpc) is 2.66. The molecule has 0 unspecified atom stereocenters. The number of aromatic nitrogens is 2.